The molecule has 27 nitrogen and oxygen atoms in total. The summed E-state index contributed by atoms with van der Waals surface area (Å²) in [7, 11) is -12.3. The summed E-state index contributed by atoms with van der Waals surface area (Å²) in [5.74, 6) is -3.81. The van der Waals surface area contributed by atoms with E-state index in [-0.39, 0.29) is 81.0 Å². The van der Waals surface area contributed by atoms with Crippen molar-refractivity contribution in [3.63, 3.8) is 0 Å². The molecule has 0 unspecified atom stereocenters. The van der Waals surface area contributed by atoms with E-state index in [2.05, 4.69) is 36.4 Å². The van der Waals surface area contributed by atoms with E-state index < -0.39 is 92.9 Å². The van der Waals surface area contributed by atoms with Crippen LogP contribution in [0.2, 0.25) is 0 Å². The number of aliphatic hydroxyl groups excluding tert-OH is 2. The number of phenols is 1. The van der Waals surface area contributed by atoms with Crippen molar-refractivity contribution < 1.29 is 88.2 Å². The van der Waals surface area contributed by atoms with Crippen molar-refractivity contribution in [3.8, 4) is 40.3 Å². The zero-order chi connectivity index (χ0) is 50.6. The van der Waals surface area contributed by atoms with E-state index in [1.54, 1.807) is 0 Å². The van der Waals surface area contributed by atoms with Crippen LogP contribution in [0.3, 0.4) is 0 Å². The highest BCUT2D eigenvalue weighted by Gasteiger charge is 2.27. The molecule has 0 saturated carbocycles. The number of nitrogens with zero attached hydrogens (tertiary/aromatic N) is 6. The number of carboxylic acids is 1. The van der Waals surface area contributed by atoms with Gasteiger partial charge in [-0.25, -0.2) is 4.79 Å². The van der Waals surface area contributed by atoms with Gasteiger partial charge in [0.25, 0.3) is 30.4 Å². The lowest BCUT2D eigenvalue weighted by Gasteiger charge is -2.15. The Morgan fingerprint density at radius 1 is 0.681 bits per heavy atom. The highest BCUT2D eigenvalue weighted by Crippen LogP contribution is 2.46. The summed E-state index contributed by atoms with van der Waals surface area (Å²) in [4.78, 5) is 10.1. The molecule has 0 aliphatic rings. The van der Waals surface area contributed by atoms with Crippen LogP contribution in [0.5, 0.6) is 34.6 Å². The van der Waals surface area contributed by atoms with E-state index in [9.17, 15) is 69.2 Å². The first-order valence-corrected chi connectivity index (χ1v) is 23.5. The Morgan fingerprint density at radius 3 is 1.83 bits per heavy atom. The number of carboxylic acid groups (broad SMARTS) is 1. The number of hydrazine groups is 1. The normalized spacial score (nSPS) is 12.2. The minimum absolute atomic E-state index is 0.0329. The molecule has 5 aromatic carbocycles. The first kappa shape index (κ1) is 50.7. The van der Waals surface area contributed by atoms with Crippen LogP contribution < -0.4 is 29.8 Å². The Hall–Kier alpha value is -7.71. The summed E-state index contributed by atoms with van der Waals surface area (Å²) >= 11 is 0. The van der Waals surface area contributed by atoms with Crippen molar-refractivity contribution in [1.82, 2.24) is 9.78 Å². The lowest BCUT2D eigenvalue weighted by atomic mass is 10.1. The molecule has 1 heterocycles. The third kappa shape index (κ3) is 11.2. The topological polar surface area (TPSA) is 410 Å². The summed E-state index contributed by atoms with van der Waals surface area (Å²) in [6.07, 6.45) is 0. The molecule has 0 bridgehead atoms. The molecule has 6 rings (SSSR count). The molecular formula is C39H38N8O19S3. The summed E-state index contributed by atoms with van der Waals surface area (Å²) < 4.78 is 125. The second-order valence-corrected chi connectivity index (χ2v) is 18.1. The van der Waals surface area contributed by atoms with Crippen LogP contribution in [0.25, 0.3) is 16.5 Å². The summed E-state index contributed by atoms with van der Waals surface area (Å²) in [6.45, 7) is -0.402. The van der Waals surface area contributed by atoms with Crippen LogP contribution in [0.4, 0.5) is 34.1 Å². The number of rotatable bonds is 20. The molecule has 1 aromatic heterocycles. The van der Waals surface area contributed by atoms with Crippen LogP contribution in [0.1, 0.15) is 16.1 Å². The van der Waals surface area contributed by atoms with Crippen LogP contribution in [0, 0.1) is 6.92 Å². The fourth-order valence-corrected chi connectivity index (χ4v) is 8.34. The van der Waals surface area contributed by atoms with Crippen LogP contribution >= 0.6 is 0 Å². The van der Waals surface area contributed by atoms with Crippen LogP contribution in [-0.2, 0) is 30.4 Å². The molecule has 0 amide bonds. The van der Waals surface area contributed by atoms with Crippen molar-refractivity contribution in [2.75, 3.05) is 51.5 Å². The van der Waals surface area contributed by atoms with Gasteiger partial charge in [-0.2, -0.15) is 35.0 Å². The Morgan fingerprint density at radius 2 is 1.28 bits per heavy atom. The molecule has 0 radical (unpaired) electrons. The zero-order valence-electron chi connectivity index (χ0n) is 35.7. The lowest BCUT2D eigenvalue weighted by molar-refractivity contribution is 0.0690. The van der Waals surface area contributed by atoms with Gasteiger partial charge in [-0.3, -0.25) is 24.5 Å². The number of aromatic carboxylic acids is 1. The molecule has 366 valence electrons. The number of aromatic nitrogens is 2. The minimum atomic E-state index is -5.26. The van der Waals surface area contributed by atoms with Gasteiger partial charge in [-0.1, -0.05) is 0 Å². The van der Waals surface area contributed by atoms with E-state index in [4.69, 9.17) is 18.9 Å². The maximum absolute atomic E-state index is 12.8. The van der Waals surface area contributed by atoms with E-state index in [1.807, 2.05) is 0 Å². The summed E-state index contributed by atoms with van der Waals surface area (Å²) in [5, 5.41) is 71.2. The number of anilines is 2. The number of benzene rings is 5. The third-order valence-corrected chi connectivity index (χ3v) is 12.2. The number of azo groups is 2. The van der Waals surface area contributed by atoms with Crippen molar-refractivity contribution in [2.24, 2.45) is 20.5 Å². The second kappa shape index (κ2) is 20.3. The SMILES string of the molecule is COc1ccc(N=Nc2cc(OCCO)c(N=Nc3c(S(=O)(=O)O)cc4cc(-n5nc(C(=O)O)c(NNc6cc(C)c(S(=O)(=O)O)cc6OC)c5O)ccc4c3O)cc2OCCO)c(S(=O)(=O)O)c1. The molecule has 30 heteroatoms. The van der Waals surface area contributed by atoms with E-state index in [1.165, 1.54) is 51.5 Å². The largest absolute Gasteiger partial charge is 0.505 e. The maximum Gasteiger partial charge on any atom is 0.358 e. The van der Waals surface area contributed by atoms with Crippen molar-refractivity contribution in [1.29, 1.82) is 0 Å². The number of aryl methyl sites for hydroxylation is 1. The van der Waals surface area contributed by atoms with E-state index >= 15 is 0 Å². The number of fused-ring (bicyclic) bond motifs is 1. The highest BCUT2D eigenvalue weighted by atomic mass is 32.2. The van der Waals surface area contributed by atoms with Crippen LogP contribution in [-0.4, -0.2) is 121 Å². The molecule has 0 spiro atoms. The monoisotopic (exact) mass is 1020 g/mol. The van der Waals surface area contributed by atoms with E-state index in [0.717, 1.165) is 41.1 Å². The fraction of sp³-hybridized carbons (Fsp3) is 0.179. The average molecular weight is 1020 g/mol. The van der Waals surface area contributed by atoms with Crippen LogP contribution in [0.15, 0.2) is 102 Å². The standard InChI is InChI=1S/C39H38N8O19S3/c1-19-12-25(28(64-3)18-31(19)67(54,55)56)42-45-35-36(39(52)53)46-47(38(35)51)21-4-6-23-20(13-21)14-33(69(60,61)62)34(37(23)50)44-43-27-17-29(65-10-8-48)26(16-30(27)66-11-9-49)41-40-24-7-5-22(63-2)15-32(24)68(57,58)59/h4-7,12-18,42,45,48-51H,8-11H2,1-3H3,(H,52,53)(H,54,55,56)(H,57,58,59)(H,60,61,62). The Labute approximate surface area is 389 Å². The number of methoxy groups -OCH3 is 2. The molecule has 10 N–H and O–H groups in total. The number of aromatic hydroxyl groups is 2. The average Bonchev–Trinajstić information content (AvgIpc) is 3.63. The molecule has 0 aliphatic heterocycles. The third-order valence-electron chi connectivity index (χ3n) is 9.42. The number of ether oxygens (including phenoxy) is 4. The van der Waals surface area contributed by atoms with Gasteiger partial charge in [-0.05, 0) is 60.3 Å². The Bertz CT molecular complexity index is 3400. The first-order valence-electron chi connectivity index (χ1n) is 19.2. The molecular weight excluding hydrogens is 981 g/mol. The highest BCUT2D eigenvalue weighted by molar-refractivity contribution is 7.86. The van der Waals surface area contributed by atoms with Gasteiger partial charge >= 0.3 is 5.97 Å². The fourth-order valence-electron chi connectivity index (χ4n) is 6.32. The van der Waals surface area contributed by atoms with Gasteiger partial charge in [0.15, 0.2) is 17.1 Å². The summed E-state index contributed by atoms with van der Waals surface area (Å²) in [6, 6.07) is 12.5. The number of phenolic OH excluding ortho intramolecular Hbond substituents is 1. The van der Waals surface area contributed by atoms with Crippen molar-refractivity contribution in [3.05, 3.63) is 78.0 Å². The smallest absolute Gasteiger partial charge is 0.358 e. The Balaban J connectivity index is 1.41. The summed E-state index contributed by atoms with van der Waals surface area (Å²) in [5.41, 5.74) is 2.16. The Kier molecular flexibility index (Phi) is 14.9. The predicted octanol–water partition coefficient (Wildman–Crippen LogP) is 5.21. The maximum atomic E-state index is 12.8. The second-order valence-electron chi connectivity index (χ2n) is 13.9. The van der Waals surface area contributed by atoms with E-state index in [0.29, 0.717) is 0 Å². The molecule has 6 aromatic rings. The number of aliphatic hydroxyl groups is 2. The number of hydrogen-bond donors (Lipinski definition) is 10. The van der Waals surface area contributed by atoms with Crippen molar-refractivity contribution in [2.45, 2.75) is 21.6 Å². The van der Waals surface area contributed by atoms with Gasteiger partial charge in [-0.15, -0.1) is 20.5 Å². The zero-order valence-corrected chi connectivity index (χ0v) is 38.1. The van der Waals surface area contributed by atoms with Gasteiger partial charge in [0.05, 0.1) is 38.8 Å². The van der Waals surface area contributed by atoms with Gasteiger partial charge in [0.2, 0.25) is 5.88 Å². The molecule has 0 fully saturated rings. The van der Waals surface area contributed by atoms with Gasteiger partial charge in [0, 0.05) is 29.7 Å². The number of nitrogens with one attached hydrogen (secondary N) is 2. The number of hydrogen-bond acceptors (Lipinski definition) is 22. The molecule has 0 atom stereocenters. The predicted molar refractivity (Wildman–Crippen MR) is 239 cm³/mol. The molecule has 0 saturated heterocycles. The van der Waals surface area contributed by atoms with Crippen molar-refractivity contribution >= 4 is 81.2 Å². The quantitative estimate of drug-likeness (QED) is 0.0266. The van der Waals surface area contributed by atoms with Gasteiger partial charge in [0.1, 0.15) is 73.6 Å². The minimum Gasteiger partial charge on any atom is -0.505 e. The first-order chi connectivity index (χ1) is 32.5. The lowest BCUT2D eigenvalue weighted by Crippen LogP contribution is -2.13. The van der Waals surface area contributed by atoms with Gasteiger partial charge < -0.3 is 44.5 Å². The molecule has 69 heavy (non-hydrogen) atoms. The number of carbonyl (C=O) groups is 1. The molecule has 0 aliphatic carbocycles.